The molecule has 158 valence electrons. The zero-order valence-electron chi connectivity index (χ0n) is 17.1. The number of carbonyl (C=O) groups is 2. The molecule has 1 aliphatic rings. The Hall–Kier alpha value is -3.74. The largest absolute Gasteiger partial charge is 0.507 e. The Kier molecular flexibility index (Phi) is 4.97. The quantitative estimate of drug-likeness (QED) is 0.361. The van der Waals surface area contributed by atoms with E-state index in [1.807, 2.05) is 13.0 Å². The van der Waals surface area contributed by atoms with Gasteiger partial charge in [-0.2, -0.15) is 0 Å². The number of carbonyl (C=O) groups excluding carboxylic acids is 2. The topological polar surface area (TPSA) is 70.8 Å². The van der Waals surface area contributed by atoms with Crippen molar-refractivity contribution in [2.24, 2.45) is 0 Å². The molecule has 1 saturated heterocycles. The van der Waals surface area contributed by atoms with E-state index in [1.54, 1.807) is 38.1 Å². The summed E-state index contributed by atoms with van der Waals surface area (Å²) in [5.74, 6) is -3.57. The predicted molar refractivity (Wildman–Crippen MR) is 111 cm³/mol. The molecular weight excluding hydrogens is 404 g/mol. The van der Waals surface area contributed by atoms with E-state index in [0.29, 0.717) is 23.0 Å². The molecule has 0 saturated carbocycles. The first-order valence-corrected chi connectivity index (χ1v) is 9.59. The minimum atomic E-state index is -1.21. The molecule has 1 aliphatic heterocycles. The minimum absolute atomic E-state index is 0.173. The number of amides is 1. The molecule has 2 heterocycles. The molecule has 1 atom stereocenters. The average molecular weight is 423 g/mol. The van der Waals surface area contributed by atoms with Crippen molar-refractivity contribution in [3.05, 3.63) is 93.9 Å². The average Bonchev–Trinajstić information content (AvgIpc) is 3.25. The third kappa shape index (κ3) is 3.42. The zero-order valence-corrected chi connectivity index (χ0v) is 17.1. The minimum Gasteiger partial charge on any atom is -0.507 e. The number of anilines is 1. The molecule has 31 heavy (non-hydrogen) atoms. The Morgan fingerprint density at radius 2 is 1.74 bits per heavy atom. The number of hydrogen-bond acceptors (Lipinski definition) is 4. The molecule has 4 rings (SSSR count). The molecule has 7 heteroatoms. The van der Waals surface area contributed by atoms with Crippen LogP contribution in [-0.2, 0) is 9.59 Å². The van der Waals surface area contributed by atoms with Crippen molar-refractivity contribution in [3.8, 4) is 0 Å². The third-order valence-electron chi connectivity index (χ3n) is 5.29. The van der Waals surface area contributed by atoms with Gasteiger partial charge in [-0.15, -0.1) is 0 Å². The molecule has 1 fully saturated rings. The van der Waals surface area contributed by atoms with Crippen LogP contribution in [0.25, 0.3) is 5.76 Å². The number of halogens is 2. The summed E-state index contributed by atoms with van der Waals surface area (Å²) < 4.78 is 33.7. The lowest BCUT2D eigenvalue weighted by atomic mass is 9.96. The van der Waals surface area contributed by atoms with Crippen LogP contribution in [0.15, 0.2) is 58.5 Å². The van der Waals surface area contributed by atoms with E-state index in [9.17, 15) is 23.5 Å². The fourth-order valence-corrected chi connectivity index (χ4v) is 3.76. The number of nitrogens with zero attached hydrogens (tertiary/aromatic N) is 1. The van der Waals surface area contributed by atoms with E-state index >= 15 is 0 Å². The number of rotatable bonds is 3. The molecule has 1 N–H and O–H groups in total. The van der Waals surface area contributed by atoms with Gasteiger partial charge in [0.15, 0.2) is 0 Å². The number of hydrogen-bond donors (Lipinski definition) is 1. The van der Waals surface area contributed by atoms with Gasteiger partial charge in [0.1, 0.15) is 35.0 Å². The maximum atomic E-state index is 14.6. The van der Waals surface area contributed by atoms with Crippen LogP contribution in [0, 0.1) is 32.4 Å². The Balaban J connectivity index is 1.99. The van der Waals surface area contributed by atoms with Gasteiger partial charge in [-0.05, 0) is 56.7 Å². The monoisotopic (exact) mass is 423 g/mol. The van der Waals surface area contributed by atoms with E-state index < -0.39 is 29.4 Å². The SMILES string of the molecule is Cc1ccc(C)c(/C(O)=C2/C(=O)C(=O)N(c3ccc(F)cc3F)C2c2ccc(C)o2)c1. The molecular formula is C24H19F2NO4. The summed E-state index contributed by atoms with van der Waals surface area (Å²) in [7, 11) is 0. The number of benzene rings is 2. The summed E-state index contributed by atoms with van der Waals surface area (Å²) in [5.41, 5.74) is 1.40. The van der Waals surface area contributed by atoms with Crippen molar-refractivity contribution in [3.63, 3.8) is 0 Å². The van der Waals surface area contributed by atoms with E-state index in [4.69, 9.17) is 4.42 Å². The van der Waals surface area contributed by atoms with Gasteiger partial charge >= 0.3 is 0 Å². The molecule has 0 bridgehead atoms. The van der Waals surface area contributed by atoms with Gasteiger partial charge < -0.3 is 9.52 Å². The first kappa shape index (κ1) is 20.5. The van der Waals surface area contributed by atoms with Crippen LogP contribution in [0.4, 0.5) is 14.5 Å². The van der Waals surface area contributed by atoms with Crippen molar-refractivity contribution in [1.82, 2.24) is 0 Å². The first-order chi connectivity index (χ1) is 14.7. The first-order valence-electron chi connectivity index (χ1n) is 9.59. The highest BCUT2D eigenvalue weighted by atomic mass is 19.1. The summed E-state index contributed by atoms with van der Waals surface area (Å²) in [6.07, 6.45) is 0. The van der Waals surface area contributed by atoms with E-state index in [-0.39, 0.29) is 22.8 Å². The zero-order chi connectivity index (χ0) is 22.4. The Morgan fingerprint density at radius 3 is 2.39 bits per heavy atom. The summed E-state index contributed by atoms with van der Waals surface area (Å²) in [4.78, 5) is 26.9. The number of furan rings is 1. The van der Waals surface area contributed by atoms with E-state index in [2.05, 4.69) is 0 Å². The highest BCUT2D eigenvalue weighted by Gasteiger charge is 2.49. The van der Waals surface area contributed by atoms with Crippen LogP contribution >= 0.6 is 0 Å². The molecule has 0 spiro atoms. The Labute approximate surface area is 177 Å². The lowest BCUT2D eigenvalue weighted by Crippen LogP contribution is -2.30. The van der Waals surface area contributed by atoms with Crippen molar-refractivity contribution in [2.75, 3.05) is 4.90 Å². The second-order valence-electron chi connectivity index (χ2n) is 7.53. The molecule has 5 nitrogen and oxygen atoms in total. The molecule has 1 aromatic heterocycles. The Morgan fingerprint density at radius 1 is 1.00 bits per heavy atom. The van der Waals surface area contributed by atoms with E-state index in [1.165, 1.54) is 0 Å². The maximum Gasteiger partial charge on any atom is 0.300 e. The number of aliphatic hydroxyl groups excluding tert-OH is 1. The fraction of sp³-hybridized carbons (Fsp3) is 0.167. The molecule has 1 unspecified atom stereocenters. The van der Waals surface area contributed by atoms with Crippen LogP contribution < -0.4 is 4.90 Å². The van der Waals surface area contributed by atoms with Crippen molar-refractivity contribution in [1.29, 1.82) is 0 Å². The van der Waals surface area contributed by atoms with Crippen molar-refractivity contribution >= 4 is 23.1 Å². The molecule has 0 aliphatic carbocycles. The number of aliphatic hydroxyl groups is 1. The van der Waals surface area contributed by atoms with Gasteiger partial charge in [-0.3, -0.25) is 14.5 Å². The maximum absolute atomic E-state index is 14.6. The number of ketones is 1. The van der Waals surface area contributed by atoms with Gasteiger partial charge in [0.25, 0.3) is 11.7 Å². The summed E-state index contributed by atoms with van der Waals surface area (Å²) in [6, 6.07) is 10.0. The normalized spacial score (nSPS) is 18.1. The lowest BCUT2D eigenvalue weighted by molar-refractivity contribution is -0.132. The summed E-state index contributed by atoms with van der Waals surface area (Å²) in [6.45, 7) is 5.27. The summed E-state index contributed by atoms with van der Waals surface area (Å²) >= 11 is 0. The predicted octanol–water partition coefficient (Wildman–Crippen LogP) is 5.11. The standard InChI is InChI=1S/C24H19F2NO4/c1-12-4-5-13(2)16(10-12)22(28)20-21(19-9-6-14(3)31-19)27(24(30)23(20)29)18-8-7-15(25)11-17(18)26/h4-11,21,28H,1-3H3/b22-20-. The second-order valence-corrected chi connectivity index (χ2v) is 7.53. The lowest BCUT2D eigenvalue weighted by Gasteiger charge is -2.24. The second kappa shape index (κ2) is 7.50. The highest BCUT2D eigenvalue weighted by Crippen LogP contribution is 2.43. The van der Waals surface area contributed by atoms with Gasteiger partial charge in [0.2, 0.25) is 0 Å². The highest BCUT2D eigenvalue weighted by molar-refractivity contribution is 6.51. The van der Waals surface area contributed by atoms with Crippen molar-refractivity contribution in [2.45, 2.75) is 26.8 Å². The molecule has 0 radical (unpaired) electrons. The number of aryl methyl sites for hydroxylation is 3. The van der Waals surface area contributed by atoms with Crippen LogP contribution in [0.1, 0.15) is 34.3 Å². The van der Waals surface area contributed by atoms with Gasteiger partial charge in [0.05, 0.1) is 11.3 Å². The van der Waals surface area contributed by atoms with Gasteiger partial charge in [-0.1, -0.05) is 17.7 Å². The van der Waals surface area contributed by atoms with Crippen molar-refractivity contribution < 1.29 is 27.9 Å². The molecule has 2 aromatic carbocycles. The van der Waals surface area contributed by atoms with Crippen LogP contribution in [-0.4, -0.2) is 16.8 Å². The Bertz CT molecular complexity index is 1260. The molecule has 3 aromatic rings. The van der Waals surface area contributed by atoms with Crippen LogP contribution in [0.3, 0.4) is 0 Å². The fourth-order valence-electron chi connectivity index (χ4n) is 3.76. The van der Waals surface area contributed by atoms with E-state index in [0.717, 1.165) is 22.6 Å². The third-order valence-corrected chi connectivity index (χ3v) is 5.29. The van der Waals surface area contributed by atoms with Gasteiger partial charge in [0, 0.05) is 11.6 Å². The van der Waals surface area contributed by atoms with Crippen LogP contribution in [0.5, 0.6) is 0 Å². The van der Waals surface area contributed by atoms with Gasteiger partial charge in [-0.25, -0.2) is 8.78 Å². The smallest absolute Gasteiger partial charge is 0.300 e. The molecule has 1 amide bonds. The van der Waals surface area contributed by atoms with Crippen LogP contribution in [0.2, 0.25) is 0 Å². The summed E-state index contributed by atoms with van der Waals surface area (Å²) in [5, 5.41) is 11.1. The number of Topliss-reactive ketones (excluding diaryl/α,β-unsaturated/α-hetero) is 1.